The van der Waals surface area contributed by atoms with Crippen LogP contribution in [-0.2, 0) is 4.79 Å². The molecule has 3 amide bonds. The summed E-state index contributed by atoms with van der Waals surface area (Å²) in [5.41, 5.74) is 3.61. The Morgan fingerprint density at radius 3 is 2.68 bits per heavy atom. The van der Waals surface area contributed by atoms with E-state index >= 15 is 0 Å². The predicted molar refractivity (Wildman–Crippen MR) is 129 cm³/mol. The molecule has 34 heavy (non-hydrogen) atoms. The van der Waals surface area contributed by atoms with Crippen LogP contribution in [-0.4, -0.2) is 27.4 Å². The Bertz CT molecular complexity index is 1470. The topological polar surface area (TPSA) is 134 Å². The Hall–Kier alpha value is -4.64. The first kappa shape index (κ1) is 21.2. The maximum absolute atomic E-state index is 12.1. The molecule has 5 rings (SSSR count). The molecule has 2 aromatic carbocycles. The molecular formula is C23H18N6O4S. The number of amides is 3. The zero-order chi connectivity index (χ0) is 23.5. The van der Waals surface area contributed by atoms with Crippen molar-refractivity contribution in [2.75, 3.05) is 16.0 Å². The van der Waals surface area contributed by atoms with E-state index in [1.165, 1.54) is 17.6 Å². The molecule has 0 aliphatic carbocycles. The first-order chi connectivity index (χ1) is 16.6. The molecule has 0 saturated carbocycles. The minimum Gasteiger partial charge on any atom is -0.457 e. The second-order valence-corrected chi connectivity index (χ2v) is 8.05. The predicted octanol–water partition coefficient (Wildman–Crippen LogP) is 5.59. The second kappa shape index (κ2) is 9.08. The number of nitrogens with zero attached hydrogens (tertiary/aromatic N) is 2. The third-order valence-corrected chi connectivity index (χ3v) is 5.63. The number of H-pyrrole nitrogens is 1. The van der Waals surface area contributed by atoms with Crippen molar-refractivity contribution in [3.8, 4) is 22.9 Å². The number of furan rings is 1. The summed E-state index contributed by atoms with van der Waals surface area (Å²) >= 11 is 1.36. The minimum absolute atomic E-state index is 0.315. The molecule has 5 aromatic rings. The molecule has 10 nitrogen and oxygen atoms in total. The number of imidazole rings is 1. The number of benzene rings is 2. The summed E-state index contributed by atoms with van der Waals surface area (Å²) in [6, 6.07) is 13.8. The molecule has 0 bridgehead atoms. The number of rotatable bonds is 7. The van der Waals surface area contributed by atoms with Crippen molar-refractivity contribution in [2.24, 2.45) is 0 Å². The fourth-order valence-electron chi connectivity index (χ4n) is 3.25. The lowest BCUT2D eigenvalue weighted by Crippen LogP contribution is -2.19. The molecular weight excluding hydrogens is 456 g/mol. The number of nitrogens with one attached hydrogen (secondary N) is 4. The van der Waals surface area contributed by atoms with E-state index in [-0.39, 0.29) is 6.03 Å². The zero-order valence-corrected chi connectivity index (χ0v) is 18.6. The molecule has 170 valence electrons. The van der Waals surface area contributed by atoms with Crippen LogP contribution in [0.1, 0.15) is 5.69 Å². The molecule has 0 atom stereocenters. The number of anilines is 3. The first-order valence-electron chi connectivity index (χ1n) is 10.1. The van der Waals surface area contributed by atoms with Gasteiger partial charge in [-0.1, -0.05) is 0 Å². The number of carbonyl (C=O) groups is 2. The highest BCUT2D eigenvalue weighted by Gasteiger charge is 2.13. The molecule has 0 spiro atoms. The van der Waals surface area contributed by atoms with E-state index < -0.39 is 0 Å². The number of urea groups is 1. The van der Waals surface area contributed by atoms with Crippen LogP contribution in [0.4, 0.5) is 21.5 Å². The van der Waals surface area contributed by atoms with Crippen LogP contribution in [0.15, 0.2) is 64.6 Å². The number of ether oxygens (including phenoxy) is 1. The van der Waals surface area contributed by atoms with Crippen molar-refractivity contribution < 1.29 is 18.7 Å². The van der Waals surface area contributed by atoms with E-state index in [0.29, 0.717) is 46.0 Å². The number of hydrogen-bond donors (Lipinski definition) is 4. The van der Waals surface area contributed by atoms with Crippen molar-refractivity contribution in [2.45, 2.75) is 6.92 Å². The third-order valence-electron chi connectivity index (χ3n) is 4.75. The lowest BCUT2D eigenvalue weighted by Gasteiger charge is -2.08. The maximum atomic E-state index is 12.1. The number of aryl methyl sites for hydroxylation is 1. The molecule has 0 aliphatic rings. The zero-order valence-electron chi connectivity index (χ0n) is 17.8. The Kier molecular flexibility index (Phi) is 5.67. The summed E-state index contributed by atoms with van der Waals surface area (Å²) in [7, 11) is 0. The normalized spacial score (nSPS) is 10.7. The van der Waals surface area contributed by atoms with Gasteiger partial charge in [-0.25, -0.2) is 14.8 Å². The average Bonchev–Trinajstić information content (AvgIpc) is 3.55. The number of hydrogen-bond acceptors (Lipinski definition) is 7. The fourth-order valence-corrected chi connectivity index (χ4v) is 3.94. The Labute approximate surface area is 197 Å². The van der Waals surface area contributed by atoms with Gasteiger partial charge in [-0.15, -0.1) is 11.3 Å². The quantitative estimate of drug-likeness (QED) is 0.227. The summed E-state index contributed by atoms with van der Waals surface area (Å²) in [6.07, 6.45) is 2.02. The van der Waals surface area contributed by atoms with Gasteiger partial charge < -0.3 is 19.5 Å². The highest BCUT2D eigenvalue weighted by atomic mass is 32.1. The molecule has 0 unspecified atom stereocenters. The Morgan fingerprint density at radius 2 is 1.91 bits per heavy atom. The van der Waals surface area contributed by atoms with Gasteiger partial charge in [-0.05, 0) is 49.4 Å². The van der Waals surface area contributed by atoms with Gasteiger partial charge in [0, 0.05) is 17.1 Å². The van der Waals surface area contributed by atoms with Gasteiger partial charge in [0.2, 0.25) is 12.3 Å². The van der Waals surface area contributed by atoms with Gasteiger partial charge in [0.15, 0.2) is 5.13 Å². The summed E-state index contributed by atoms with van der Waals surface area (Å²) < 4.78 is 11.2. The molecule has 0 radical (unpaired) electrons. The number of thiazole rings is 1. The number of aromatic nitrogens is 3. The summed E-state index contributed by atoms with van der Waals surface area (Å²) in [5, 5.41) is 10.4. The average molecular weight is 475 g/mol. The highest BCUT2D eigenvalue weighted by molar-refractivity contribution is 7.13. The van der Waals surface area contributed by atoms with Gasteiger partial charge in [0.1, 0.15) is 17.3 Å². The molecule has 11 heteroatoms. The SMILES string of the molecule is Cc1csc(NC(=O)Nc2ccc(Oc3ccc4nc(-c5ccoc5NC=O)[nH]c4c3)cc2)n1. The number of fused-ring (bicyclic) bond motifs is 1. The van der Waals surface area contributed by atoms with Gasteiger partial charge in [0.25, 0.3) is 0 Å². The van der Waals surface area contributed by atoms with E-state index in [4.69, 9.17) is 9.15 Å². The lowest BCUT2D eigenvalue weighted by molar-refractivity contribution is -0.105. The van der Waals surface area contributed by atoms with Crippen LogP contribution in [0.3, 0.4) is 0 Å². The van der Waals surface area contributed by atoms with Gasteiger partial charge in [-0.2, -0.15) is 0 Å². The van der Waals surface area contributed by atoms with Crippen LogP contribution in [0, 0.1) is 6.92 Å². The van der Waals surface area contributed by atoms with E-state index in [1.54, 1.807) is 30.3 Å². The van der Waals surface area contributed by atoms with Crippen LogP contribution in [0.2, 0.25) is 0 Å². The number of carbonyl (C=O) groups excluding carboxylic acids is 2. The molecule has 0 saturated heterocycles. The van der Waals surface area contributed by atoms with Crippen molar-refractivity contribution in [3.63, 3.8) is 0 Å². The van der Waals surface area contributed by atoms with E-state index in [9.17, 15) is 9.59 Å². The van der Waals surface area contributed by atoms with Crippen molar-refractivity contribution in [1.29, 1.82) is 0 Å². The van der Waals surface area contributed by atoms with Crippen molar-refractivity contribution in [3.05, 3.63) is 65.9 Å². The largest absolute Gasteiger partial charge is 0.457 e. The van der Waals surface area contributed by atoms with Crippen molar-refractivity contribution >= 4 is 51.5 Å². The van der Waals surface area contributed by atoms with Gasteiger partial charge in [-0.3, -0.25) is 15.4 Å². The molecule has 0 fully saturated rings. The first-order valence-corrected chi connectivity index (χ1v) is 11.0. The van der Waals surface area contributed by atoms with E-state index in [1.807, 2.05) is 30.5 Å². The molecule has 0 aliphatic heterocycles. The standard InChI is InChI=1S/C23H18N6O4S/c1-13-11-34-23(25-13)29-22(31)26-14-2-4-15(5-3-14)33-16-6-7-18-19(10-16)28-20(27-18)17-8-9-32-21(17)24-12-30/h2-12H,1H3,(H,24,30)(H,27,28)(H2,25,26,29,31). The minimum atomic E-state index is -0.368. The molecule has 3 aromatic heterocycles. The second-order valence-electron chi connectivity index (χ2n) is 7.19. The van der Waals surface area contributed by atoms with Crippen LogP contribution in [0.5, 0.6) is 11.5 Å². The molecule has 3 heterocycles. The highest BCUT2D eigenvalue weighted by Crippen LogP contribution is 2.31. The molecule has 4 N–H and O–H groups in total. The van der Waals surface area contributed by atoms with Gasteiger partial charge >= 0.3 is 6.03 Å². The lowest BCUT2D eigenvalue weighted by atomic mass is 10.3. The third kappa shape index (κ3) is 4.59. The Balaban J connectivity index is 1.26. The summed E-state index contributed by atoms with van der Waals surface area (Å²) in [6.45, 7) is 1.87. The smallest absolute Gasteiger partial charge is 0.325 e. The van der Waals surface area contributed by atoms with E-state index in [0.717, 1.165) is 16.7 Å². The van der Waals surface area contributed by atoms with Crippen LogP contribution >= 0.6 is 11.3 Å². The maximum Gasteiger partial charge on any atom is 0.325 e. The van der Waals surface area contributed by atoms with Gasteiger partial charge in [0.05, 0.1) is 28.6 Å². The van der Waals surface area contributed by atoms with Crippen LogP contribution < -0.4 is 20.7 Å². The van der Waals surface area contributed by atoms with Crippen molar-refractivity contribution in [1.82, 2.24) is 15.0 Å². The van der Waals surface area contributed by atoms with E-state index in [2.05, 4.69) is 30.9 Å². The summed E-state index contributed by atoms with van der Waals surface area (Å²) in [5.74, 6) is 2.09. The van der Waals surface area contributed by atoms with Crippen LogP contribution in [0.25, 0.3) is 22.4 Å². The Morgan fingerprint density at radius 1 is 1.09 bits per heavy atom. The summed E-state index contributed by atoms with van der Waals surface area (Å²) in [4.78, 5) is 34.8. The number of aromatic amines is 1. The monoisotopic (exact) mass is 474 g/mol. The fraction of sp³-hybridized carbons (Fsp3) is 0.0435.